The Hall–Kier alpha value is -0.420. The summed E-state index contributed by atoms with van der Waals surface area (Å²) in [6.45, 7) is 4.11. The van der Waals surface area contributed by atoms with Crippen LogP contribution < -0.4 is 0 Å². The molecule has 0 fully saturated rings. The quantitative estimate of drug-likeness (QED) is 0.839. The fraction of sp³-hybridized carbons (Fsp3) is 0.500. The second-order valence-corrected chi connectivity index (χ2v) is 4.60. The van der Waals surface area contributed by atoms with Crippen molar-refractivity contribution in [1.29, 1.82) is 0 Å². The summed E-state index contributed by atoms with van der Waals surface area (Å²) in [5.74, 6) is 0. The molecule has 0 saturated carbocycles. The average Bonchev–Trinajstić information content (AvgIpc) is 2.28. The third-order valence-corrected chi connectivity index (χ3v) is 3.02. The highest BCUT2D eigenvalue weighted by atomic mass is 79.9. The van der Waals surface area contributed by atoms with E-state index in [2.05, 4.69) is 15.9 Å². The van der Waals surface area contributed by atoms with Crippen LogP contribution in [0.4, 0.5) is 0 Å². The molecule has 16 heavy (non-hydrogen) atoms. The van der Waals surface area contributed by atoms with Crippen LogP contribution in [0.25, 0.3) is 0 Å². The van der Waals surface area contributed by atoms with Crippen molar-refractivity contribution >= 4 is 15.9 Å². The van der Waals surface area contributed by atoms with Crippen molar-refractivity contribution in [3.63, 3.8) is 0 Å². The SMILES string of the molecule is CCN(CCO)CC(O)c1cccc(Br)c1. The normalized spacial score (nSPS) is 13.1. The van der Waals surface area contributed by atoms with E-state index < -0.39 is 6.10 Å². The van der Waals surface area contributed by atoms with E-state index in [9.17, 15) is 5.11 Å². The molecule has 0 aliphatic rings. The Morgan fingerprint density at radius 2 is 2.19 bits per heavy atom. The number of nitrogens with zero attached hydrogens (tertiary/aromatic N) is 1. The summed E-state index contributed by atoms with van der Waals surface area (Å²) in [5, 5.41) is 18.9. The van der Waals surface area contributed by atoms with Gasteiger partial charge in [-0.1, -0.05) is 35.0 Å². The summed E-state index contributed by atoms with van der Waals surface area (Å²) in [6, 6.07) is 7.66. The Kier molecular flexibility index (Phi) is 5.98. The number of aliphatic hydroxyl groups excluding tert-OH is 2. The maximum Gasteiger partial charge on any atom is 0.0917 e. The van der Waals surface area contributed by atoms with E-state index in [1.165, 1.54) is 0 Å². The summed E-state index contributed by atoms with van der Waals surface area (Å²) in [4.78, 5) is 2.02. The van der Waals surface area contributed by atoms with Crippen molar-refractivity contribution in [2.75, 3.05) is 26.2 Å². The Labute approximate surface area is 105 Å². The summed E-state index contributed by atoms with van der Waals surface area (Å²) in [6.07, 6.45) is -0.510. The van der Waals surface area contributed by atoms with Crippen molar-refractivity contribution in [2.45, 2.75) is 13.0 Å². The van der Waals surface area contributed by atoms with E-state index >= 15 is 0 Å². The molecule has 0 aliphatic carbocycles. The van der Waals surface area contributed by atoms with Gasteiger partial charge in [0.25, 0.3) is 0 Å². The van der Waals surface area contributed by atoms with Gasteiger partial charge in [-0.3, -0.25) is 4.90 Å². The third-order valence-electron chi connectivity index (χ3n) is 2.53. The van der Waals surface area contributed by atoms with Crippen LogP contribution >= 0.6 is 15.9 Å². The molecule has 1 atom stereocenters. The van der Waals surface area contributed by atoms with Gasteiger partial charge >= 0.3 is 0 Å². The number of rotatable bonds is 6. The molecule has 3 nitrogen and oxygen atoms in total. The molecule has 0 heterocycles. The largest absolute Gasteiger partial charge is 0.395 e. The Morgan fingerprint density at radius 3 is 2.75 bits per heavy atom. The first-order valence-electron chi connectivity index (χ1n) is 5.44. The number of hydrogen-bond donors (Lipinski definition) is 2. The molecule has 0 saturated heterocycles. The van der Waals surface area contributed by atoms with Crippen LogP contribution in [-0.2, 0) is 0 Å². The third kappa shape index (κ3) is 4.22. The average molecular weight is 288 g/mol. The molecule has 0 spiro atoms. The first-order valence-corrected chi connectivity index (χ1v) is 6.23. The van der Waals surface area contributed by atoms with E-state index in [1.54, 1.807) is 0 Å². The standard InChI is InChI=1S/C12H18BrNO2/c1-2-14(6-7-15)9-12(16)10-4-3-5-11(13)8-10/h3-5,8,12,15-16H,2,6-7,9H2,1H3. The maximum absolute atomic E-state index is 10.0. The van der Waals surface area contributed by atoms with Gasteiger partial charge < -0.3 is 10.2 Å². The van der Waals surface area contributed by atoms with E-state index in [1.807, 2.05) is 36.1 Å². The zero-order valence-electron chi connectivity index (χ0n) is 9.43. The Morgan fingerprint density at radius 1 is 1.44 bits per heavy atom. The van der Waals surface area contributed by atoms with Crippen LogP contribution in [0.5, 0.6) is 0 Å². The van der Waals surface area contributed by atoms with E-state index in [-0.39, 0.29) is 6.61 Å². The van der Waals surface area contributed by atoms with Crippen molar-refractivity contribution < 1.29 is 10.2 Å². The van der Waals surface area contributed by atoms with Gasteiger partial charge in [-0.15, -0.1) is 0 Å². The molecule has 4 heteroatoms. The second kappa shape index (κ2) is 7.01. The minimum absolute atomic E-state index is 0.124. The smallest absolute Gasteiger partial charge is 0.0917 e. The van der Waals surface area contributed by atoms with Crippen LogP contribution in [0.15, 0.2) is 28.7 Å². The van der Waals surface area contributed by atoms with Crippen molar-refractivity contribution in [2.24, 2.45) is 0 Å². The molecule has 2 N–H and O–H groups in total. The van der Waals surface area contributed by atoms with Crippen LogP contribution in [0.1, 0.15) is 18.6 Å². The van der Waals surface area contributed by atoms with Gasteiger partial charge in [0.15, 0.2) is 0 Å². The first-order chi connectivity index (χ1) is 7.67. The molecule has 1 unspecified atom stereocenters. The lowest BCUT2D eigenvalue weighted by molar-refractivity contribution is 0.103. The summed E-state index contributed by atoms with van der Waals surface area (Å²) in [5.41, 5.74) is 0.894. The molecule has 0 aliphatic heterocycles. The van der Waals surface area contributed by atoms with Crippen LogP contribution in [0.3, 0.4) is 0 Å². The summed E-state index contributed by atoms with van der Waals surface area (Å²) >= 11 is 3.38. The Bertz CT molecular complexity index is 320. The zero-order chi connectivity index (χ0) is 12.0. The number of halogens is 1. The minimum Gasteiger partial charge on any atom is -0.395 e. The van der Waals surface area contributed by atoms with E-state index in [0.717, 1.165) is 16.6 Å². The monoisotopic (exact) mass is 287 g/mol. The highest BCUT2D eigenvalue weighted by Gasteiger charge is 2.12. The highest BCUT2D eigenvalue weighted by molar-refractivity contribution is 9.10. The fourth-order valence-electron chi connectivity index (χ4n) is 1.58. The van der Waals surface area contributed by atoms with Crippen LogP contribution in [0, 0.1) is 0 Å². The number of hydrogen-bond acceptors (Lipinski definition) is 3. The number of aliphatic hydroxyl groups is 2. The van der Waals surface area contributed by atoms with Gasteiger partial charge in [0.1, 0.15) is 0 Å². The maximum atomic E-state index is 10.0. The van der Waals surface area contributed by atoms with Crippen LogP contribution in [0.2, 0.25) is 0 Å². The van der Waals surface area contributed by atoms with Gasteiger partial charge in [0.2, 0.25) is 0 Å². The molecular weight excluding hydrogens is 270 g/mol. The molecule has 1 aromatic carbocycles. The molecule has 0 amide bonds. The zero-order valence-corrected chi connectivity index (χ0v) is 11.0. The Balaban J connectivity index is 2.60. The number of likely N-dealkylation sites (N-methyl/N-ethyl adjacent to an activating group) is 1. The molecule has 0 aromatic heterocycles. The van der Waals surface area contributed by atoms with E-state index in [0.29, 0.717) is 13.1 Å². The highest BCUT2D eigenvalue weighted by Crippen LogP contribution is 2.18. The molecular formula is C12H18BrNO2. The molecule has 0 bridgehead atoms. The summed E-state index contributed by atoms with van der Waals surface area (Å²) < 4.78 is 0.967. The molecule has 1 rings (SSSR count). The lowest BCUT2D eigenvalue weighted by atomic mass is 10.1. The van der Waals surface area contributed by atoms with Gasteiger partial charge in [-0.2, -0.15) is 0 Å². The van der Waals surface area contributed by atoms with Gasteiger partial charge in [0, 0.05) is 17.6 Å². The number of benzene rings is 1. The lowest BCUT2D eigenvalue weighted by Crippen LogP contribution is -2.31. The minimum atomic E-state index is -0.510. The predicted octanol–water partition coefficient (Wildman–Crippen LogP) is 1.80. The van der Waals surface area contributed by atoms with Crippen molar-refractivity contribution in [3.05, 3.63) is 34.3 Å². The van der Waals surface area contributed by atoms with Crippen molar-refractivity contribution in [1.82, 2.24) is 4.90 Å². The molecule has 1 aromatic rings. The first kappa shape index (κ1) is 13.6. The summed E-state index contributed by atoms with van der Waals surface area (Å²) in [7, 11) is 0. The fourth-order valence-corrected chi connectivity index (χ4v) is 2.00. The van der Waals surface area contributed by atoms with E-state index in [4.69, 9.17) is 5.11 Å². The molecule has 90 valence electrons. The molecule has 0 radical (unpaired) electrons. The lowest BCUT2D eigenvalue weighted by Gasteiger charge is -2.22. The van der Waals surface area contributed by atoms with Gasteiger partial charge in [-0.05, 0) is 24.2 Å². The van der Waals surface area contributed by atoms with Gasteiger partial charge in [0.05, 0.1) is 12.7 Å². The van der Waals surface area contributed by atoms with Gasteiger partial charge in [-0.25, -0.2) is 0 Å². The van der Waals surface area contributed by atoms with Crippen molar-refractivity contribution in [3.8, 4) is 0 Å². The second-order valence-electron chi connectivity index (χ2n) is 3.69. The topological polar surface area (TPSA) is 43.7 Å². The predicted molar refractivity (Wildman–Crippen MR) is 68.3 cm³/mol. The van der Waals surface area contributed by atoms with Crippen LogP contribution in [-0.4, -0.2) is 41.4 Å².